The number of nitrogens with zero attached hydrogens (tertiary/aromatic N) is 3. The van der Waals surface area contributed by atoms with Crippen LogP contribution in [0.1, 0.15) is 32.3 Å². The first-order chi connectivity index (χ1) is 12.6. The summed E-state index contributed by atoms with van der Waals surface area (Å²) in [7, 11) is 1.82. The highest BCUT2D eigenvalue weighted by molar-refractivity contribution is 14.0. The quantitative estimate of drug-likeness (QED) is 0.365. The van der Waals surface area contributed by atoms with Gasteiger partial charge in [0.1, 0.15) is 5.82 Å². The molecule has 3 rings (SSSR count). The van der Waals surface area contributed by atoms with E-state index >= 15 is 0 Å². The van der Waals surface area contributed by atoms with Gasteiger partial charge in [-0.3, -0.25) is 4.99 Å². The maximum absolute atomic E-state index is 5.60. The molecular weight excluding hydrogens is 473 g/mol. The van der Waals surface area contributed by atoms with Gasteiger partial charge < -0.3 is 20.3 Å². The van der Waals surface area contributed by atoms with Crippen LogP contribution in [0, 0.1) is 0 Å². The van der Waals surface area contributed by atoms with Crippen LogP contribution in [0.2, 0.25) is 0 Å². The second kappa shape index (κ2) is 10.7. The number of hydrogen-bond donors (Lipinski definition) is 2. The Hall–Kier alpha value is -0.740. The number of hydrogen-bond acceptors (Lipinski definition) is 5. The Morgan fingerprint density at radius 1 is 1.44 bits per heavy atom. The van der Waals surface area contributed by atoms with Crippen LogP contribution in [0.5, 0.6) is 0 Å². The van der Waals surface area contributed by atoms with Crippen molar-refractivity contribution in [3.63, 3.8) is 0 Å². The van der Waals surface area contributed by atoms with Crippen LogP contribution >= 0.6 is 35.7 Å². The third-order valence-electron chi connectivity index (χ3n) is 4.99. The van der Waals surface area contributed by atoms with E-state index in [0.717, 1.165) is 50.1 Å². The van der Waals surface area contributed by atoms with E-state index in [1.165, 1.54) is 18.6 Å². The Balaban J connectivity index is 0.00000261. The number of nitrogens with one attached hydrogen (secondary N) is 2. The zero-order valence-corrected chi connectivity index (χ0v) is 19.7. The molecule has 0 radical (unpaired) electrons. The van der Waals surface area contributed by atoms with Gasteiger partial charge in [0, 0.05) is 44.2 Å². The van der Waals surface area contributed by atoms with E-state index in [-0.39, 0.29) is 30.1 Å². The summed E-state index contributed by atoms with van der Waals surface area (Å²) in [5.74, 6) is 3.15. The summed E-state index contributed by atoms with van der Waals surface area (Å²) < 4.78 is 5.93. The first-order valence-corrected chi connectivity index (χ1v) is 10.5. The predicted molar refractivity (Wildman–Crippen MR) is 126 cm³/mol. The summed E-state index contributed by atoms with van der Waals surface area (Å²) in [5, 5.41) is 6.85. The molecule has 0 aromatic carbocycles. The van der Waals surface area contributed by atoms with E-state index in [0.29, 0.717) is 4.75 Å². The Morgan fingerprint density at radius 3 is 2.93 bits per heavy atom. The van der Waals surface area contributed by atoms with Crippen molar-refractivity contribution in [1.82, 2.24) is 15.6 Å². The van der Waals surface area contributed by atoms with Gasteiger partial charge in [-0.05, 0) is 44.1 Å². The molecule has 3 heterocycles. The highest BCUT2D eigenvalue weighted by atomic mass is 127. The normalized spacial score (nSPS) is 25.8. The second-order valence-corrected chi connectivity index (χ2v) is 9.02. The number of rotatable bonds is 5. The summed E-state index contributed by atoms with van der Waals surface area (Å²) in [5.41, 5.74) is 1.15. The highest BCUT2D eigenvalue weighted by Crippen LogP contribution is 2.36. The van der Waals surface area contributed by atoms with Gasteiger partial charge in [-0.15, -0.1) is 24.0 Å². The lowest BCUT2D eigenvalue weighted by Crippen LogP contribution is -2.43. The van der Waals surface area contributed by atoms with Crippen molar-refractivity contribution in [2.45, 2.75) is 44.1 Å². The molecule has 2 aliphatic heterocycles. The maximum atomic E-state index is 5.60. The van der Waals surface area contributed by atoms with Gasteiger partial charge in [-0.2, -0.15) is 11.8 Å². The van der Waals surface area contributed by atoms with Crippen molar-refractivity contribution in [2.24, 2.45) is 4.99 Å². The van der Waals surface area contributed by atoms with Gasteiger partial charge in [0.25, 0.3) is 0 Å². The van der Waals surface area contributed by atoms with Crippen molar-refractivity contribution >= 4 is 47.5 Å². The number of halogens is 1. The number of morpholine rings is 1. The number of pyridine rings is 1. The SMILES string of the molecule is CN=C(NCc1ccc(N2CCOC(C)C2)nc1)NCC1(C)CCCS1.I. The van der Waals surface area contributed by atoms with Crippen LogP contribution in [0.15, 0.2) is 23.3 Å². The van der Waals surface area contributed by atoms with E-state index in [1.54, 1.807) is 0 Å². The third kappa shape index (κ3) is 6.67. The lowest BCUT2D eigenvalue weighted by atomic mass is 10.1. The molecule has 2 aliphatic rings. The van der Waals surface area contributed by atoms with E-state index in [9.17, 15) is 0 Å². The standard InChI is InChI=1S/C19H31N5OS.HI/c1-15-13-24(8-9-25-15)17-6-5-16(11-21-17)12-22-18(20-3)23-14-19(2)7-4-10-26-19;/h5-6,11,15H,4,7-10,12-14H2,1-3H3,(H2,20,22,23);1H. The van der Waals surface area contributed by atoms with E-state index < -0.39 is 0 Å². The molecular formula is C19H32IN5OS. The molecule has 0 saturated carbocycles. The zero-order chi connectivity index (χ0) is 18.4. The molecule has 6 nitrogen and oxygen atoms in total. The van der Waals surface area contributed by atoms with Crippen molar-refractivity contribution in [1.29, 1.82) is 0 Å². The van der Waals surface area contributed by atoms with Crippen LogP contribution < -0.4 is 15.5 Å². The van der Waals surface area contributed by atoms with E-state index in [1.807, 2.05) is 13.2 Å². The van der Waals surface area contributed by atoms with Crippen molar-refractivity contribution in [3.05, 3.63) is 23.9 Å². The van der Waals surface area contributed by atoms with Crippen LogP contribution in [0.25, 0.3) is 0 Å². The Labute approximate surface area is 184 Å². The fraction of sp³-hybridized carbons (Fsp3) is 0.684. The van der Waals surface area contributed by atoms with Crippen LogP contribution in [0.4, 0.5) is 5.82 Å². The predicted octanol–water partition coefficient (Wildman–Crippen LogP) is 2.88. The van der Waals surface area contributed by atoms with Crippen molar-refractivity contribution in [3.8, 4) is 0 Å². The molecule has 1 aromatic rings. The Bertz CT molecular complexity index is 607. The van der Waals surface area contributed by atoms with Gasteiger partial charge in [0.2, 0.25) is 0 Å². The smallest absolute Gasteiger partial charge is 0.191 e. The number of ether oxygens (including phenoxy) is 1. The van der Waals surface area contributed by atoms with Crippen LogP contribution in [-0.2, 0) is 11.3 Å². The molecule has 2 N–H and O–H groups in total. The molecule has 8 heteroatoms. The summed E-state index contributed by atoms with van der Waals surface area (Å²) in [6, 6.07) is 4.23. The van der Waals surface area contributed by atoms with E-state index in [4.69, 9.17) is 4.74 Å². The highest BCUT2D eigenvalue weighted by Gasteiger charge is 2.29. The molecule has 1 aromatic heterocycles. The minimum absolute atomic E-state index is 0. The summed E-state index contributed by atoms with van der Waals surface area (Å²) in [6.45, 7) is 8.68. The molecule has 0 bridgehead atoms. The monoisotopic (exact) mass is 505 g/mol. The molecule has 0 spiro atoms. The molecule has 0 aliphatic carbocycles. The summed E-state index contributed by atoms with van der Waals surface area (Å²) >= 11 is 2.06. The fourth-order valence-electron chi connectivity index (χ4n) is 3.39. The maximum Gasteiger partial charge on any atom is 0.191 e. The average Bonchev–Trinajstić information content (AvgIpc) is 3.09. The molecule has 27 heavy (non-hydrogen) atoms. The largest absolute Gasteiger partial charge is 0.375 e. The third-order valence-corrected chi connectivity index (χ3v) is 6.53. The first-order valence-electron chi connectivity index (χ1n) is 9.48. The van der Waals surface area contributed by atoms with Crippen LogP contribution in [0.3, 0.4) is 0 Å². The molecule has 2 fully saturated rings. The fourth-order valence-corrected chi connectivity index (χ4v) is 4.63. The van der Waals surface area contributed by atoms with Gasteiger partial charge >= 0.3 is 0 Å². The summed E-state index contributed by atoms with van der Waals surface area (Å²) in [4.78, 5) is 11.2. The average molecular weight is 505 g/mol. The molecule has 152 valence electrons. The zero-order valence-electron chi connectivity index (χ0n) is 16.5. The topological polar surface area (TPSA) is 61.8 Å². The number of anilines is 1. The van der Waals surface area contributed by atoms with Gasteiger partial charge in [0.15, 0.2) is 5.96 Å². The Kier molecular flexibility index (Phi) is 8.94. The minimum Gasteiger partial charge on any atom is -0.375 e. The first kappa shape index (κ1) is 22.5. The number of aromatic nitrogens is 1. The molecule has 2 unspecified atom stereocenters. The number of aliphatic imine (C=N–C) groups is 1. The van der Waals surface area contributed by atoms with Gasteiger partial charge in [-0.25, -0.2) is 4.98 Å². The number of guanidine groups is 1. The van der Waals surface area contributed by atoms with Gasteiger partial charge in [-0.1, -0.05) is 6.07 Å². The van der Waals surface area contributed by atoms with Crippen molar-refractivity contribution < 1.29 is 4.74 Å². The number of thioether (sulfide) groups is 1. The van der Waals surface area contributed by atoms with Gasteiger partial charge in [0.05, 0.1) is 12.7 Å². The summed E-state index contributed by atoms with van der Waals surface area (Å²) in [6.07, 6.45) is 4.80. The van der Waals surface area contributed by atoms with E-state index in [2.05, 4.69) is 63.3 Å². The lowest BCUT2D eigenvalue weighted by Gasteiger charge is -2.32. The molecule has 2 saturated heterocycles. The van der Waals surface area contributed by atoms with Crippen LogP contribution in [-0.4, -0.2) is 60.8 Å². The molecule has 0 amide bonds. The molecule has 2 atom stereocenters. The van der Waals surface area contributed by atoms with Crippen molar-refractivity contribution in [2.75, 3.05) is 43.9 Å². The second-order valence-electron chi connectivity index (χ2n) is 7.33. The Morgan fingerprint density at radius 2 is 2.30 bits per heavy atom. The minimum atomic E-state index is 0. The lowest BCUT2D eigenvalue weighted by molar-refractivity contribution is 0.0529.